The number of carbonyl (C=O) groups is 2. The maximum absolute atomic E-state index is 13.0. The second-order valence-electron chi connectivity index (χ2n) is 6.36. The van der Waals surface area contributed by atoms with Crippen LogP contribution in [-0.2, 0) is 17.8 Å². The van der Waals surface area contributed by atoms with Crippen LogP contribution < -0.4 is 10.6 Å². The highest BCUT2D eigenvalue weighted by Crippen LogP contribution is 2.22. The van der Waals surface area contributed by atoms with Gasteiger partial charge in [-0.05, 0) is 59.7 Å². The van der Waals surface area contributed by atoms with Gasteiger partial charge in [-0.3, -0.25) is 9.59 Å². The Labute approximate surface area is 177 Å². The highest BCUT2D eigenvalue weighted by atomic mass is 35.5. The molecule has 3 aromatic carbocycles. The molecule has 0 radical (unpaired) electrons. The summed E-state index contributed by atoms with van der Waals surface area (Å²) in [5.74, 6) is -0.907. The summed E-state index contributed by atoms with van der Waals surface area (Å²) < 4.78 is 13.0. The Morgan fingerprint density at radius 1 is 0.862 bits per heavy atom. The first kappa shape index (κ1) is 20.8. The minimum absolute atomic E-state index is 0.163. The van der Waals surface area contributed by atoms with E-state index in [4.69, 9.17) is 23.2 Å². The molecule has 3 rings (SSSR count). The largest absolute Gasteiger partial charge is 0.352 e. The lowest BCUT2D eigenvalue weighted by Crippen LogP contribution is -2.24. The highest BCUT2D eigenvalue weighted by Gasteiger charge is 2.08. The van der Waals surface area contributed by atoms with Crippen molar-refractivity contribution in [2.75, 3.05) is 5.32 Å². The molecule has 0 aliphatic carbocycles. The number of hydrogen-bond donors (Lipinski definition) is 2. The number of carbonyl (C=O) groups excluding carboxylic acids is 2. The molecule has 0 aliphatic rings. The van der Waals surface area contributed by atoms with Crippen molar-refractivity contribution < 1.29 is 14.0 Å². The van der Waals surface area contributed by atoms with Crippen LogP contribution in [0.4, 0.5) is 10.1 Å². The fourth-order valence-electron chi connectivity index (χ4n) is 2.66. The van der Waals surface area contributed by atoms with E-state index in [9.17, 15) is 14.0 Å². The standard InChI is InChI=1S/C22H17Cl2FN2O2/c23-19-9-4-14(11-20(19)24)12-21(28)26-13-15-2-1-3-18(10-15)27-22(29)16-5-7-17(25)8-6-16/h1-11H,12-13H2,(H,26,28)(H,27,29). The molecule has 0 bridgehead atoms. The van der Waals surface area contributed by atoms with Crippen molar-refractivity contribution in [3.63, 3.8) is 0 Å². The van der Waals surface area contributed by atoms with Crippen molar-refractivity contribution >= 4 is 40.7 Å². The summed E-state index contributed by atoms with van der Waals surface area (Å²) in [5.41, 5.74) is 2.52. The van der Waals surface area contributed by atoms with Crippen LogP contribution in [0.25, 0.3) is 0 Å². The molecule has 3 aromatic rings. The van der Waals surface area contributed by atoms with E-state index in [-0.39, 0.29) is 18.2 Å². The molecule has 0 aromatic heterocycles. The third kappa shape index (κ3) is 6.04. The number of anilines is 1. The third-order valence-electron chi connectivity index (χ3n) is 4.13. The second-order valence-corrected chi connectivity index (χ2v) is 7.18. The van der Waals surface area contributed by atoms with Gasteiger partial charge >= 0.3 is 0 Å². The van der Waals surface area contributed by atoms with E-state index in [0.717, 1.165) is 11.1 Å². The van der Waals surface area contributed by atoms with Gasteiger partial charge in [-0.25, -0.2) is 4.39 Å². The fourth-order valence-corrected chi connectivity index (χ4v) is 2.98. The fraction of sp³-hybridized carbons (Fsp3) is 0.0909. The lowest BCUT2D eigenvalue weighted by atomic mass is 10.1. The minimum atomic E-state index is -0.403. The molecule has 29 heavy (non-hydrogen) atoms. The van der Waals surface area contributed by atoms with Crippen molar-refractivity contribution in [3.8, 4) is 0 Å². The molecule has 0 spiro atoms. The Morgan fingerprint density at radius 2 is 1.62 bits per heavy atom. The van der Waals surface area contributed by atoms with Gasteiger partial charge in [0.05, 0.1) is 16.5 Å². The normalized spacial score (nSPS) is 10.4. The van der Waals surface area contributed by atoms with Gasteiger partial charge < -0.3 is 10.6 Å². The lowest BCUT2D eigenvalue weighted by molar-refractivity contribution is -0.120. The maximum Gasteiger partial charge on any atom is 0.255 e. The number of nitrogens with one attached hydrogen (secondary N) is 2. The number of hydrogen-bond acceptors (Lipinski definition) is 2. The van der Waals surface area contributed by atoms with Gasteiger partial charge in [0, 0.05) is 17.8 Å². The number of amides is 2. The Hall–Kier alpha value is -2.89. The van der Waals surface area contributed by atoms with Crippen LogP contribution in [0, 0.1) is 5.82 Å². The van der Waals surface area contributed by atoms with Gasteiger partial charge in [0.15, 0.2) is 0 Å². The van der Waals surface area contributed by atoms with Crippen LogP contribution >= 0.6 is 23.2 Å². The molecule has 7 heteroatoms. The van der Waals surface area contributed by atoms with E-state index >= 15 is 0 Å². The predicted octanol–water partition coefficient (Wildman–Crippen LogP) is 5.24. The van der Waals surface area contributed by atoms with E-state index in [0.29, 0.717) is 27.8 Å². The molecule has 0 unspecified atom stereocenters. The minimum Gasteiger partial charge on any atom is -0.352 e. The van der Waals surface area contributed by atoms with Crippen LogP contribution in [0.1, 0.15) is 21.5 Å². The van der Waals surface area contributed by atoms with Crippen LogP contribution in [0.3, 0.4) is 0 Å². The Morgan fingerprint density at radius 3 is 2.34 bits per heavy atom. The first-order valence-electron chi connectivity index (χ1n) is 8.77. The Bertz CT molecular complexity index is 1040. The zero-order chi connectivity index (χ0) is 20.8. The third-order valence-corrected chi connectivity index (χ3v) is 4.87. The maximum atomic E-state index is 13.0. The molecule has 0 aliphatic heterocycles. The van der Waals surface area contributed by atoms with Crippen LogP contribution in [0.15, 0.2) is 66.7 Å². The van der Waals surface area contributed by atoms with Crippen molar-refractivity contribution in [1.82, 2.24) is 5.32 Å². The summed E-state index contributed by atoms with van der Waals surface area (Å²) in [5, 5.41) is 6.43. The molecule has 0 atom stereocenters. The van der Waals surface area contributed by atoms with Crippen LogP contribution in [0.2, 0.25) is 10.0 Å². The number of benzene rings is 3. The van der Waals surface area contributed by atoms with Crippen molar-refractivity contribution in [2.45, 2.75) is 13.0 Å². The van der Waals surface area contributed by atoms with E-state index in [1.807, 2.05) is 6.07 Å². The summed E-state index contributed by atoms with van der Waals surface area (Å²) in [6.45, 7) is 0.306. The molecule has 0 saturated carbocycles. The molecule has 4 nitrogen and oxygen atoms in total. The molecule has 0 heterocycles. The average molecular weight is 431 g/mol. The van der Waals surface area contributed by atoms with Gasteiger partial charge in [0.2, 0.25) is 5.91 Å². The van der Waals surface area contributed by atoms with Crippen molar-refractivity contribution in [1.29, 1.82) is 0 Å². The number of halogens is 3. The van der Waals surface area contributed by atoms with Gasteiger partial charge in [0.1, 0.15) is 5.82 Å². The Kier molecular flexibility index (Phi) is 6.86. The molecular weight excluding hydrogens is 414 g/mol. The quantitative estimate of drug-likeness (QED) is 0.561. The zero-order valence-electron chi connectivity index (χ0n) is 15.2. The van der Waals surface area contributed by atoms with Crippen LogP contribution in [0.5, 0.6) is 0 Å². The first-order valence-corrected chi connectivity index (χ1v) is 9.53. The van der Waals surface area contributed by atoms with E-state index in [1.54, 1.807) is 36.4 Å². The smallest absolute Gasteiger partial charge is 0.255 e. The topological polar surface area (TPSA) is 58.2 Å². The molecule has 148 valence electrons. The van der Waals surface area contributed by atoms with Crippen molar-refractivity contribution in [3.05, 3.63) is 99.3 Å². The summed E-state index contributed by atoms with van der Waals surface area (Å²) >= 11 is 11.8. The monoisotopic (exact) mass is 430 g/mol. The Balaban J connectivity index is 1.56. The molecule has 2 N–H and O–H groups in total. The highest BCUT2D eigenvalue weighted by molar-refractivity contribution is 6.42. The summed E-state index contributed by atoms with van der Waals surface area (Å²) in [6.07, 6.45) is 0.178. The lowest BCUT2D eigenvalue weighted by Gasteiger charge is -2.09. The molecule has 2 amide bonds. The van der Waals surface area contributed by atoms with E-state index in [1.165, 1.54) is 24.3 Å². The van der Waals surface area contributed by atoms with E-state index < -0.39 is 5.82 Å². The summed E-state index contributed by atoms with van der Waals surface area (Å²) in [4.78, 5) is 24.4. The zero-order valence-corrected chi connectivity index (χ0v) is 16.7. The summed E-state index contributed by atoms with van der Waals surface area (Å²) in [6, 6.07) is 17.5. The van der Waals surface area contributed by atoms with Gasteiger partial charge in [-0.15, -0.1) is 0 Å². The van der Waals surface area contributed by atoms with E-state index in [2.05, 4.69) is 10.6 Å². The average Bonchev–Trinajstić information content (AvgIpc) is 2.70. The molecule has 0 fully saturated rings. The first-order chi connectivity index (χ1) is 13.9. The van der Waals surface area contributed by atoms with Gasteiger partial charge in [0.25, 0.3) is 5.91 Å². The summed E-state index contributed by atoms with van der Waals surface area (Å²) in [7, 11) is 0. The predicted molar refractivity (Wildman–Crippen MR) is 113 cm³/mol. The van der Waals surface area contributed by atoms with Crippen LogP contribution in [-0.4, -0.2) is 11.8 Å². The number of rotatable bonds is 6. The van der Waals surface area contributed by atoms with Crippen molar-refractivity contribution in [2.24, 2.45) is 0 Å². The van der Waals surface area contributed by atoms with Gasteiger partial charge in [-0.1, -0.05) is 41.4 Å². The van der Waals surface area contributed by atoms with Gasteiger partial charge in [-0.2, -0.15) is 0 Å². The molecule has 0 saturated heterocycles. The molecular formula is C22H17Cl2FN2O2. The SMILES string of the molecule is O=C(Cc1ccc(Cl)c(Cl)c1)NCc1cccc(NC(=O)c2ccc(F)cc2)c1. The second kappa shape index (κ2) is 9.54.